The molecule has 0 bridgehead atoms. The standard InChI is InChI=1S/C10H17N3O3/c1-3-13-7-8(11)9(12-13)10(14)16-6-5-15-4-2/h7H,3-6,11H2,1-2H3. The number of ether oxygens (including phenoxy) is 2. The van der Waals surface area contributed by atoms with Crippen LogP contribution >= 0.6 is 0 Å². The highest BCUT2D eigenvalue weighted by molar-refractivity contribution is 5.92. The average molecular weight is 227 g/mol. The molecule has 0 spiro atoms. The minimum Gasteiger partial charge on any atom is -0.458 e. The Morgan fingerprint density at radius 1 is 1.50 bits per heavy atom. The Kier molecular flexibility index (Phi) is 4.78. The highest BCUT2D eigenvalue weighted by Crippen LogP contribution is 2.10. The lowest BCUT2D eigenvalue weighted by molar-refractivity contribution is 0.0329. The molecule has 0 atom stereocenters. The maximum absolute atomic E-state index is 11.5. The van der Waals surface area contributed by atoms with E-state index in [2.05, 4.69) is 5.10 Å². The number of nitrogens with zero attached hydrogens (tertiary/aromatic N) is 2. The molecule has 0 aliphatic carbocycles. The van der Waals surface area contributed by atoms with E-state index in [4.69, 9.17) is 15.2 Å². The summed E-state index contributed by atoms with van der Waals surface area (Å²) >= 11 is 0. The summed E-state index contributed by atoms with van der Waals surface area (Å²) in [6.07, 6.45) is 1.61. The number of aryl methyl sites for hydroxylation is 1. The van der Waals surface area contributed by atoms with Gasteiger partial charge in [-0.2, -0.15) is 5.10 Å². The van der Waals surface area contributed by atoms with Gasteiger partial charge in [0.1, 0.15) is 6.61 Å². The summed E-state index contributed by atoms with van der Waals surface area (Å²) < 4.78 is 11.6. The van der Waals surface area contributed by atoms with Gasteiger partial charge in [-0.25, -0.2) is 4.79 Å². The highest BCUT2D eigenvalue weighted by atomic mass is 16.6. The third-order valence-electron chi connectivity index (χ3n) is 1.97. The zero-order valence-electron chi connectivity index (χ0n) is 9.60. The summed E-state index contributed by atoms with van der Waals surface area (Å²) in [5.74, 6) is -0.510. The number of esters is 1. The molecule has 0 unspecified atom stereocenters. The molecule has 0 aliphatic heterocycles. The van der Waals surface area contributed by atoms with Gasteiger partial charge in [-0.1, -0.05) is 0 Å². The van der Waals surface area contributed by atoms with E-state index >= 15 is 0 Å². The first-order chi connectivity index (χ1) is 7.69. The number of carbonyl (C=O) groups is 1. The first kappa shape index (κ1) is 12.5. The molecule has 1 aromatic heterocycles. The second kappa shape index (κ2) is 6.12. The van der Waals surface area contributed by atoms with Crippen LogP contribution in [0.2, 0.25) is 0 Å². The van der Waals surface area contributed by atoms with Gasteiger partial charge in [0.2, 0.25) is 0 Å². The normalized spacial score (nSPS) is 10.4. The average Bonchev–Trinajstić information content (AvgIpc) is 2.66. The van der Waals surface area contributed by atoms with Crippen molar-refractivity contribution >= 4 is 11.7 Å². The summed E-state index contributed by atoms with van der Waals surface area (Å²) in [6.45, 7) is 5.65. The first-order valence-electron chi connectivity index (χ1n) is 5.26. The number of rotatable bonds is 6. The summed E-state index contributed by atoms with van der Waals surface area (Å²) in [7, 11) is 0. The molecule has 1 heterocycles. The third-order valence-corrected chi connectivity index (χ3v) is 1.97. The summed E-state index contributed by atoms with van der Waals surface area (Å²) in [5.41, 5.74) is 6.13. The van der Waals surface area contributed by atoms with Crippen LogP contribution in [0, 0.1) is 0 Å². The lowest BCUT2D eigenvalue weighted by Gasteiger charge is -2.03. The van der Waals surface area contributed by atoms with Gasteiger partial charge >= 0.3 is 5.97 Å². The maximum Gasteiger partial charge on any atom is 0.361 e. The van der Waals surface area contributed by atoms with Crippen molar-refractivity contribution in [3.8, 4) is 0 Å². The van der Waals surface area contributed by atoms with Crippen molar-refractivity contribution < 1.29 is 14.3 Å². The molecule has 1 rings (SSSR count). The minimum atomic E-state index is -0.510. The number of carbonyl (C=O) groups excluding carboxylic acids is 1. The highest BCUT2D eigenvalue weighted by Gasteiger charge is 2.15. The van der Waals surface area contributed by atoms with Crippen molar-refractivity contribution in [2.45, 2.75) is 20.4 Å². The van der Waals surface area contributed by atoms with Crippen LogP contribution in [0.3, 0.4) is 0 Å². The molecule has 0 saturated carbocycles. The van der Waals surface area contributed by atoms with Crippen molar-refractivity contribution in [3.63, 3.8) is 0 Å². The van der Waals surface area contributed by atoms with E-state index in [0.717, 1.165) is 0 Å². The molecule has 0 aromatic carbocycles. The lowest BCUT2D eigenvalue weighted by atomic mass is 10.4. The molecule has 2 N–H and O–H groups in total. The van der Waals surface area contributed by atoms with E-state index in [0.29, 0.717) is 25.4 Å². The second-order valence-electron chi connectivity index (χ2n) is 3.12. The Morgan fingerprint density at radius 2 is 2.25 bits per heavy atom. The van der Waals surface area contributed by atoms with Gasteiger partial charge in [0, 0.05) is 19.3 Å². The first-order valence-corrected chi connectivity index (χ1v) is 5.26. The van der Waals surface area contributed by atoms with Crippen LogP contribution in [0.4, 0.5) is 5.69 Å². The van der Waals surface area contributed by atoms with Gasteiger partial charge in [0.05, 0.1) is 12.3 Å². The number of anilines is 1. The molecule has 1 aromatic rings. The molecule has 16 heavy (non-hydrogen) atoms. The van der Waals surface area contributed by atoms with Gasteiger partial charge in [0.25, 0.3) is 0 Å². The van der Waals surface area contributed by atoms with Crippen LogP contribution in [-0.2, 0) is 16.0 Å². The zero-order chi connectivity index (χ0) is 12.0. The molecular weight excluding hydrogens is 210 g/mol. The Morgan fingerprint density at radius 3 is 2.81 bits per heavy atom. The fourth-order valence-electron chi connectivity index (χ4n) is 1.16. The number of hydrogen-bond acceptors (Lipinski definition) is 5. The summed E-state index contributed by atoms with van der Waals surface area (Å²) in [4.78, 5) is 11.5. The van der Waals surface area contributed by atoms with Crippen LogP contribution in [0.25, 0.3) is 0 Å². The van der Waals surface area contributed by atoms with Crippen molar-refractivity contribution in [3.05, 3.63) is 11.9 Å². The quantitative estimate of drug-likeness (QED) is 0.571. The van der Waals surface area contributed by atoms with Crippen LogP contribution < -0.4 is 5.73 Å². The molecular formula is C10H17N3O3. The number of aromatic nitrogens is 2. The van der Waals surface area contributed by atoms with Crippen molar-refractivity contribution in [2.75, 3.05) is 25.6 Å². The molecule has 6 heteroatoms. The fourth-order valence-corrected chi connectivity index (χ4v) is 1.16. The molecule has 0 saturated heterocycles. The minimum absolute atomic E-state index is 0.165. The van der Waals surface area contributed by atoms with E-state index in [1.807, 2.05) is 13.8 Å². The van der Waals surface area contributed by atoms with Crippen molar-refractivity contribution in [2.24, 2.45) is 0 Å². The maximum atomic E-state index is 11.5. The monoisotopic (exact) mass is 227 g/mol. The Bertz CT molecular complexity index is 349. The fraction of sp³-hybridized carbons (Fsp3) is 0.600. The molecule has 90 valence electrons. The SMILES string of the molecule is CCOCCOC(=O)c1nn(CC)cc1N. The third kappa shape index (κ3) is 3.23. The van der Waals surface area contributed by atoms with Crippen molar-refractivity contribution in [1.82, 2.24) is 9.78 Å². The summed E-state index contributed by atoms with van der Waals surface area (Å²) in [6, 6.07) is 0. The van der Waals surface area contributed by atoms with E-state index in [-0.39, 0.29) is 12.3 Å². The Labute approximate surface area is 94.3 Å². The Hall–Kier alpha value is -1.56. The predicted molar refractivity (Wildman–Crippen MR) is 59.1 cm³/mol. The molecule has 0 aliphatic rings. The smallest absolute Gasteiger partial charge is 0.361 e. The predicted octanol–water partition coefficient (Wildman–Crippen LogP) is 0.678. The lowest BCUT2D eigenvalue weighted by Crippen LogP contribution is -2.13. The van der Waals surface area contributed by atoms with E-state index < -0.39 is 5.97 Å². The zero-order valence-corrected chi connectivity index (χ0v) is 9.60. The van der Waals surface area contributed by atoms with Gasteiger partial charge in [0.15, 0.2) is 5.69 Å². The van der Waals surface area contributed by atoms with Gasteiger partial charge < -0.3 is 15.2 Å². The number of nitrogens with two attached hydrogens (primary N) is 1. The Balaban J connectivity index is 2.49. The number of nitrogen functional groups attached to an aromatic ring is 1. The van der Waals surface area contributed by atoms with E-state index in [9.17, 15) is 4.79 Å². The van der Waals surface area contributed by atoms with E-state index in [1.165, 1.54) is 0 Å². The van der Waals surface area contributed by atoms with Gasteiger partial charge in [-0.15, -0.1) is 0 Å². The van der Waals surface area contributed by atoms with Gasteiger partial charge in [-0.3, -0.25) is 4.68 Å². The molecule has 0 fully saturated rings. The second-order valence-corrected chi connectivity index (χ2v) is 3.12. The van der Waals surface area contributed by atoms with Gasteiger partial charge in [-0.05, 0) is 13.8 Å². The topological polar surface area (TPSA) is 79.4 Å². The van der Waals surface area contributed by atoms with Crippen molar-refractivity contribution in [1.29, 1.82) is 0 Å². The summed E-state index contributed by atoms with van der Waals surface area (Å²) in [5, 5.41) is 4.00. The molecule has 0 amide bonds. The number of hydrogen-bond donors (Lipinski definition) is 1. The largest absolute Gasteiger partial charge is 0.458 e. The van der Waals surface area contributed by atoms with Crippen LogP contribution in [0.5, 0.6) is 0 Å². The van der Waals surface area contributed by atoms with Crippen LogP contribution in [0.1, 0.15) is 24.3 Å². The van der Waals surface area contributed by atoms with Crippen LogP contribution in [-0.4, -0.2) is 35.6 Å². The molecule has 0 radical (unpaired) electrons. The van der Waals surface area contributed by atoms with Crippen LogP contribution in [0.15, 0.2) is 6.20 Å². The van der Waals surface area contributed by atoms with E-state index in [1.54, 1.807) is 10.9 Å². The molecule has 6 nitrogen and oxygen atoms in total.